The maximum absolute atomic E-state index is 12.1. The molecule has 0 saturated carbocycles. The molecule has 0 radical (unpaired) electrons. The fourth-order valence-electron chi connectivity index (χ4n) is 1.83. The van der Waals surface area contributed by atoms with Gasteiger partial charge >= 0.3 is 6.09 Å². The average molecular weight is 354 g/mol. The van der Waals surface area contributed by atoms with Gasteiger partial charge in [-0.1, -0.05) is 6.92 Å². The molecule has 2 aromatic heterocycles. The number of carbonyl (C=O) groups excluding carboxylic acids is 1. The number of halogens is 1. The van der Waals surface area contributed by atoms with Crippen LogP contribution in [0.15, 0.2) is 22.8 Å². The number of ether oxygens (including phenoxy) is 1. The molecule has 0 bridgehead atoms. The van der Waals surface area contributed by atoms with E-state index in [1.54, 1.807) is 11.9 Å². The van der Waals surface area contributed by atoms with Gasteiger partial charge in [0.2, 0.25) is 0 Å². The first-order chi connectivity index (χ1) is 9.80. The molecule has 2 heterocycles. The molecule has 2 rings (SSSR count). The smallest absolute Gasteiger partial charge is 0.410 e. The molecule has 1 N–H and O–H groups in total. The van der Waals surface area contributed by atoms with Crippen LogP contribution >= 0.6 is 15.9 Å². The van der Waals surface area contributed by atoms with E-state index in [0.29, 0.717) is 6.54 Å². The lowest BCUT2D eigenvalue weighted by atomic mass is 10.1. The topological polar surface area (TPSA) is 58.2 Å². The van der Waals surface area contributed by atoms with Crippen molar-refractivity contribution in [3.05, 3.63) is 28.5 Å². The van der Waals surface area contributed by atoms with Crippen LogP contribution in [0.25, 0.3) is 11.0 Å². The third-order valence-electron chi connectivity index (χ3n) is 3.43. The summed E-state index contributed by atoms with van der Waals surface area (Å²) < 4.78 is 6.25. The standard InChI is InChI=1S/C15H20BrN3O2/c1-5-15(2,3)21-14(20)19(4)9-10-8-12-11(17-10)6-7-13(16)18-12/h6-8,17H,5,9H2,1-4H3. The molecule has 0 atom stereocenters. The van der Waals surface area contributed by atoms with Crippen LogP contribution in [0.3, 0.4) is 0 Å². The molecule has 0 unspecified atom stereocenters. The molecule has 0 fully saturated rings. The van der Waals surface area contributed by atoms with E-state index in [0.717, 1.165) is 27.8 Å². The van der Waals surface area contributed by atoms with Gasteiger partial charge in [0, 0.05) is 12.7 Å². The van der Waals surface area contributed by atoms with Gasteiger partial charge in [-0.15, -0.1) is 0 Å². The van der Waals surface area contributed by atoms with Crippen molar-refractivity contribution in [3.63, 3.8) is 0 Å². The molecular formula is C15H20BrN3O2. The minimum Gasteiger partial charge on any atom is -0.443 e. The molecule has 0 aliphatic heterocycles. The Morgan fingerprint density at radius 1 is 1.48 bits per heavy atom. The molecular weight excluding hydrogens is 334 g/mol. The highest BCUT2D eigenvalue weighted by molar-refractivity contribution is 9.10. The van der Waals surface area contributed by atoms with Crippen molar-refractivity contribution in [2.45, 2.75) is 39.3 Å². The van der Waals surface area contributed by atoms with Crippen LogP contribution in [0.1, 0.15) is 32.9 Å². The average Bonchev–Trinajstić information content (AvgIpc) is 2.79. The molecule has 1 amide bonds. The highest BCUT2D eigenvalue weighted by Crippen LogP contribution is 2.19. The zero-order valence-corrected chi connectivity index (χ0v) is 14.3. The molecule has 2 aromatic rings. The number of H-pyrrole nitrogens is 1. The van der Waals surface area contributed by atoms with Crippen LogP contribution in [0.2, 0.25) is 0 Å². The molecule has 114 valence electrons. The maximum atomic E-state index is 12.1. The number of amides is 1. The largest absolute Gasteiger partial charge is 0.443 e. The van der Waals surface area contributed by atoms with E-state index >= 15 is 0 Å². The second-order valence-corrected chi connectivity index (χ2v) is 6.51. The molecule has 21 heavy (non-hydrogen) atoms. The van der Waals surface area contributed by atoms with Crippen molar-refractivity contribution < 1.29 is 9.53 Å². The first-order valence-corrected chi connectivity index (χ1v) is 7.68. The lowest BCUT2D eigenvalue weighted by Crippen LogP contribution is -2.35. The summed E-state index contributed by atoms with van der Waals surface area (Å²) in [6, 6.07) is 5.77. The monoisotopic (exact) mass is 353 g/mol. The van der Waals surface area contributed by atoms with Gasteiger partial charge in [-0.3, -0.25) is 0 Å². The summed E-state index contributed by atoms with van der Waals surface area (Å²) in [5.74, 6) is 0. The van der Waals surface area contributed by atoms with Crippen molar-refractivity contribution in [1.82, 2.24) is 14.9 Å². The van der Waals surface area contributed by atoms with Crippen molar-refractivity contribution >= 4 is 33.1 Å². The Hall–Kier alpha value is -1.56. The van der Waals surface area contributed by atoms with Gasteiger partial charge in [-0.25, -0.2) is 9.78 Å². The first kappa shape index (κ1) is 15.8. The number of hydrogen-bond donors (Lipinski definition) is 1. The lowest BCUT2D eigenvalue weighted by molar-refractivity contribution is 0.0143. The minimum atomic E-state index is -0.446. The van der Waals surface area contributed by atoms with Gasteiger partial charge < -0.3 is 14.6 Å². The van der Waals surface area contributed by atoms with E-state index in [4.69, 9.17) is 4.74 Å². The Balaban J connectivity index is 2.07. The Labute approximate surface area is 132 Å². The molecule has 0 aromatic carbocycles. The first-order valence-electron chi connectivity index (χ1n) is 6.89. The van der Waals surface area contributed by atoms with Crippen LogP contribution in [-0.2, 0) is 11.3 Å². The number of fused-ring (bicyclic) bond motifs is 1. The van der Waals surface area contributed by atoms with Crippen molar-refractivity contribution in [2.75, 3.05) is 7.05 Å². The number of rotatable bonds is 4. The number of aromatic amines is 1. The van der Waals surface area contributed by atoms with Gasteiger partial charge in [0.05, 0.1) is 17.6 Å². The second kappa shape index (κ2) is 6.05. The highest BCUT2D eigenvalue weighted by Gasteiger charge is 2.23. The Bertz CT molecular complexity index is 651. The number of aromatic nitrogens is 2. The third kappa shape index (κ3) is 3.97. The molecule has 5 nitrogen and oxygen atoms in total. The summed E-state index contributed by atoms with van der Waals surface area (Å²) in [6.45, 7) is 6.26. The van der Waals surface area contributed by atoms with Crippen molar-refractivity contribution in [2.24, 2.45) is 0 Å². The van der Waals surface area contributed by atoms with E-state index in [9.17, 15) is 4.79 Å². The van der Waals surface area contributed by atoms with E-state index < -0.39 is 5.60 Å². The van der Waals surface area contributed by atoms with Crippen LogP contribution in [0.4, 0.5) is 4.79 Å². The number of nitrogens with one attached hydrogen (secondary N) is 1. The SMILES string of the molecule is CCC(C)(C)OC(=O)N(C)Cc1cc2nc(Br)ccc2[nH]1. The summed E-state index contributed by atoms with van der Waals surface area (Å²) in [6.07, 6.45) is 0.450. The summed E-state index contributed by atoms with van der Waals surface area (Å²) in [7, 11) is 1.73. The van der Waals surface area contributed by atoms with Crippen molar-refractivity contribution in [1.29, 1.82) is 0 Å². The van der Waals surface area contributed by atoms with E-state index in [-0.39, 0.29) is 6.09 Å². The zero-order valence-electron chi connectivity index (χ0n) is 12.7. The van der Waals surface area contributed by atoms with Crippen LogP contribution in [0, 0.1) is 0 Å². The normalized spacial score (nSPS) is 11.7. The number of pyridine rings is 1. The lowest BCUT2D eigenvalue weighted by Gasteiger charge is -2.26. The van der Waals surface area contributed by atoms with Gasteiger partial charge in [0.25, 0.3) is 0 Å². The third-order valence-corrected chi connectivity index (χ3v) is 3.87. The number of nitrogens with zero attached hydrogens (tertiary/aromatic N) is 2. The second-order valence-electron chi connectivity index (χ2n) is 5.70. The van der Waals surface area contributed by atoms with Gasteiger partial charge in [-0.05, 0) is 54.4 Å². The van der Waals surface area contributed by atoms with Crippen LogP contribution in [0.5, 0.6) is 0 Å². The fraction of sp³-hybridized carbons (Fsp3) is 0.467. The predicted molar refractivity (Wildman–Crippen MR) is 86.1 cm³/mol. The maximum Gasteiger partial charge on any atom is 0.410 e. The molecule has 0 spiro atoms. The Morgan fingerprint density at radius 2 is 2.19 bits per heavy atom. The van der Waals surface area contributed by atoms with Gasteiger partial charge in [0.1, 0.15) is 10.2 Å². The summed E-state index contributed by atoms with van der Waals surface area (Å²) in [5, 5.41) is 0. The van der Waals surface area contributed by atoms with Gasteiger partial charge in [-0.2, -0.15) is 0 Å². The summed E-state index contributed by atoms with van der Waals surface area (Å²) >= 11 is 3.35. The summed E-state index contributed by atoms with van der Waals surface area (Å²) in [4.78, 5) is 21.2. The van der Waals surface area contributed by atoms with Gasteiger partial charge in [0.15, 0.2) is 0 Å². The fourth-order valence-corrected chi connectivity index (χ4v) is 2.15. The predicted octanol–water partition coefficient (Wildman–Crippen LogP) is 4.08. The molecule has 0 saturated heterocycles. The van der Waals surface area contributed by atoms with E-state index in [1.165, 1.54) is 0 Å². The minimum absolute atomic E-state index is 0.324. The number of carbonyl (C=O) groups is 1. The molecule has 6 heteroatoms. The number of hydrogen-bond acceptors (Lipinski definition) is 3. The Kier molecular flexibility index (Phi) is 4.56. The van der Waals surface area contributed by atoms with E-state index in [2.05, 4.69) is 25.9 Å². The quantitative estimate of drug-likeness (QED) is 0.842. The van der Waals surface area contributed by atoms with Crippen molar-refractivity contribution in [3.8, 4) is 0 Å². The van der Waals surface area contributed by atoms with E-state index in [1.807, 2.05) is 39.0 Å². The zero-order chi connectivity index (χ0) is 15.6. The van der Waals surface area contributed by atoms with Crippen LogP contribution < -0.4 is 0 Å². The Morgan fingerprint density at radius 3 is 2.86 bits per heavy atom. The highest BCUT2D eigenvalue weighted by atomic mass is 79.9. The molecule has 0 aliphatic rings. The molecule has 0 aliphatic carbocycles. The van der Waals surface area contributed by atoms with Crippen LogP contribution in [-0.4, -0.2) is 33.6 Å². The summed E-state index contributed by atoms with van der Waals surface area (Å²) in [5.41, 5.74) is 2.29.